The number of para-hydroxylation sites is 1. The Morgan fingerprint density at radius 3 is 2.88 bits per heavy atom. The topological polar surface area (TPSA) is 61.5 Å². The number of esters is 1. The van der Waals surface area contributed by atoms with Crippen molar-refractivity contribution in [3.63, 3.8) is 0 Å². The van der Waals surface area contributed by atoms with E-state index >= 15 is 0 Å². The lowest BCUT2D eigenvalue weighted by molar-refractivity contribution is -0.140. The van der Waals surface area contributed by atoms with Gasteiger partial charge in [0.1, 0.15) is 5.75 Å². The van der Waals surface area contributed by atoms with Gasteiger partial charge in [0.25, 0.3) is 0 Å². The summed E-state index contributed by atoms with van der Waals surface area (Å²) in [5.74, 6) is 1.12. The zero-order chi connectivity index (χ0) is 12.7. The third-order valence-corrected chi connectivity index (χ3v) is 3.19. The summed E-state index contributed by atoms with van der Waals surface area (Å²) in [6.07, 6.45) is 0.374. The highest BCUT2D eigenvalue weighted by Gasteiger charge is 2.07. The molecule has 94 valence electrons. The van der Waals surface area contributed by atoms with Crippen LogP contribution in [0.15, 0.2) is 23.1 Å². The maximum atomic E-state index is 11.0. The van der Waals surface area contributed by atoms with Crippen LogP contribution in [0.25, 0.3) is 0 Å². The number of rotatable bonds is 6. The van der Waals surface area contributed by atoms with Gasteiger partial charge in [0.2, 0.25) is 0 Å². The van der Waals surface area contributed by atoms with E-state index < -0.39 is 0 Å². The van der Waals surface area contributed by atoms with Crippen LogP contribution in [0.4, 0.5) is 5.69 Å². The first-order valence-electron chi connectivity index (χ1n) is 5.40. The summed E-state index contributed by atoms with van der Waals surface area (Å²) in [5, 5.41) is 0. The van der Waals surface area contributed by atoms with Crippen LogP contribution in [0.1, 0.15) is 13.3 Å². The fourth-order valence-corrected chi connectivity index (χ4v) is 2.20. The molecule has 0 aromatic heterocycles. The smallest absolute Gasteiger partial charge is 0.306 e. The number of nitrogens with two attached hydrogens (primary N) is 1. The van der Waals surface area contributed by atoms with Gasteiger partial charge in [-0.25, -0.2) is 0 Å². The number of anilines is 1. The Morgan fingerprint density at radius 2 is 2.24 bits per heavy atom. The lowest BCUT2D eigenvalue weighted by Crippen LogP contribution is -2.02. The number of nitrogen functional groups attached to an aromatic ring is 1. The van der Waals surface area contributed by atoms with E-state index in [1.807, 2.05) is 25.1 Å². The number of hydrogen-bond donors (Lipinski definition) is 1. The molecular weight excluding hydrogens is 238 g/mol. The van der Waals surface area contributed by atoms with Gasteiger partial charge in [-0.15, -0.1) is 11.8 Å². The summed E-state index contributed by atoms with van der Waals surface area (Å²) in [7, 11) is 1.39. The minimum Gasteiger partial charge on any atom is -0.492 e. The molecule has 1 rings (SSSR count). The average Bonchev–Trinajstić information content (AvgIpc) is 2.33. The SMILES string of the molecule is CCOc1cccc(SCCC(=O)OC)c1N. The Bertz CT molecular complexity index is 382. The molecular formula is C12H17NO3S. The molecule has 0 aliphatic heterocycles. The van der Waals surface area contributed by atoms with E-state index in [0.29, 0.717) is 30.2 Å². The highest BCUT2D eigenvalue weighted by Crippen LogP contribution is 2.32. The minimum atomic E-state index is -0.211. The molecule has 0 fully saturated rings. The molecule has 0 aliphatic carbocycles. The van der Waals surface area contributed by atoms with Gasteiger partial charge in [-0.2, -0.15) is 0 Å². The van der Waals surface area contributed by atoms with E-state index in [1.54, 1.807) is 0 Å². The maximum absolute atomic E-state index is 11.0. The third-order valence-electron chi connectivity index (χ3n) is 2.12. The Morgan fingerprint density at radius 1 is 1.47 bits per heavy atom. The first-order valence-corrected chi connectivity index (χ1v) is 6.38. The van der Waals surface area contributed by atoms with Crippen molar-refractivity contribution < 1.29 is 14.3 Å². The Hall–Kier alpha value is -1.36. The lowest BCUT2D eigenvalue weighted by atomic mass is 10.3. The lowest BCUT2D eigenvalue weighted by Gasteiger charge is -2.10. The molecule has 0 saturated carbocycles. The van der Waals surface area contributed by atoms with Crippen LogP contribution >= 0.6 is 11.8 Å². The molecule has 0 aliphatic rings. The second-order valence-electron chi connectivity index (χ2n) is 3.28. The molecule has 5 heteroatoms. The Kier molecular flexibility index (Phi) is 5.69. The molecule has 0 heterocycles. The third kappa shape index (κ3) is 4.19. The quantitative estimate of drug-likeness (QED) is 0.480. The van der Waals surface area contributed by atoms with Gasteiger partial charge >= 0.3 is 5.97 Å². The number of carbonyl (C=O) groups excluding carboxylic acids is 1. The number of methoxy groups -OCH3 is 1. The largest absolute Gasteiger partial charge is 0.492 e. The number of ether oxygens (including phenoxy) is 2. The summed E-state index contributed by atoms with van der Waals surface area (Å²) in [6, 6.07) is 5.64. The molecule has 0 unspecified atom stereocenters. The second kappa shape index (κ2) is 7.06. The first-order chi connectivity index (χ1) is 8.19. The monoisotopic (exact) mass is 255 g/mol. The van der Waals surface area contributed by atoms with Crippen molar-refractivity contribution in [2.75, 3.05) is 25.2 Å². The van der Waals surface area contributed by atoms with Gasteiger partial charge in [-0.1, -0.05) is 6.07 Å². The van der Waals surface area contributed by atoms with Gasteiger partial charge < -0.3 is 15.2 Å². The molecule has 0 amide bonds. The van der Waals surface area contributed by atoms with Crippen molar-refractivity contribution in [1.29, 1.82) is 0 Å². The van der Waals surface area contributed by atoms with E-state index in [9.17, 15) is 4.79 Å². The predicted octanol–water partition coefficient (Wildman–Crippen LogP) is 2.32. The van der Waals surface area contributed by atoms with Crippen LogP contribution in [-0.2, 0) is 9.53 Å². The fraction of sp³-hybridized carbons (Fsp3) is 0.417. The van der Waals surface area contributed by atoms with Crippen molar-refractivity contribution in [2.45, 2.75) is 18.2 Å². The van der Waals surface area contributed by atoms with E-state index in [2.05, 4.69) is 4.74 Å². The highest BCUT2D eigenvalue weighted by atomic mass is 32.2. The zero-order valence-electron chi connectivity index (χ0n) is 10.1. The van der Waals surface area contributed by atoms with Crippen molar-refractivity contribution >= 4 is 23.4 Å². The summed E-state index contributed by atoms with van der Waals surface area (Å²) >= 11 is 1.52. The van der Waals surface area contributed by atoms with Gasteiger partial charge in [0, 0.05) is 10.6 Å². The van der Waals surface area contributed by atoms with Gasteiger partial charge in [0.05, 0.1) is 25.8 Å². The zero-order valence-corrected chi connectivity index (χ0v) is 10.9. The van der Waals surface area contributed by atoms with E-state index in [1.165, 1.54) is 18.9 Å². The fourth-order valence-electron chi connectivity index (χ4n) is 1.28. The van der Waals surface area contributed by atoms with Crippen molar-refractivity contribution in [3.05, 3.63) is 18.2 Å². The molecule has 1 aromatic carbocycles. The van der Waals surface area contributed by atoms with Crippen molar-refractivity contribution in [1.82, 2.24) is 0 Å². The van der Waals surface area contributed by atoms with E-state index in [-0.39, 0.29) is 5.97 Å². The average molecular weight is 255 g/mol. The van der Waals surface area contributed by atoms with Gasteiger partial charge in [-0.05, 0) is 19.1 Å². The molecule has 4 nitrogen and oxygen atoms in total. The van der Waals surface area contributed by atoms with Crippen LogP contribution in [0.2, 0.25) is 0 Å². The summed E-state index contributed by atoms with van der Waals surface area (Å²) in [5.41, 5.74) is 6.59. The minimum absolute atomic E-state index is 0.211. The molecule has 0 spiro atoms. The van der Waals surface area contributed by atoms with Crippen LogP contribution in [0.5, 0.6) is 5.75 Å². The molecule has 0 bridgehead atoms. The van der Waals surface area contributed by atoms with Crippen LogP contribution < -0.4 is 10.5 Å². The number of thioether (sulfide) groups is 1. The standard InChI is InChI=1S/C12H17NO3S/c1-3-16-9-5-4-6-10(12(9)13)17-8-7-11(14)15-2/h4-6H,3,7-8,13H2,1-2H3. The first kappa shape index (κ1) is 13.7. The molecule has 17 heavy (non-hydrogen) atoms. The summed E-state index contributed by atoms with van der Waals surface area (Å²) in [4.78, 5) is 11.9. The molecule has 2 N–H and O–H groups in total. The van der Waals surface area contributed by atoms with Crippen LogP contribution in [0.3, 0.4) is 0 Å². The Balaban J connectivity index is 2.59. The van der Waals surface area contributed by atoms with E-state index in [4.69, 9.17) is 10.5 Å². The van der Waals surface area contributed by atoms with Crippen LogP contribution in [-0.4, -0.2) is 25.4 Å². The van der Waals surface area contributed by atoms with Crippen LogP contribution in [0, 0.1) is 0 Å². The highest BCUT2D eigenvalue weighted by molar-refractivity contribution is 7.99. The number of hydrogen-bond acceptors (Lipinski definition) is 5. The molecule has 0 atom stereocenters. The molecule has 0 radical (unpaired) electrons. The van der Waals surface area contributed by atoms with Crippen molar-refractivity contribution in [3.8, 4) is 5.75 Å². The van der Waals surface area contributed by atoms with E-state index in [0.717, 1.165) is 4.90 Å². The normalized spacial score (nSPS) is 10.0. The predicted molar refractivity (Wildman–Crippen MR) is 69.4 cm³/mol. The molecule has 0 saturated heterocycles. The van der Waals surface area contributed by atoms with Crippen molar-refractivity contribution in [2.24, 2.45) is 0 Å². The second-order valence-corrected chi connectivity index (χ2v) is 4.41. The number of carbonyl (C=O) groups is 1. The maximum Gasteiger partial charge on any atom is 0.306 e. The Labute approximate surface area is 105 Å². The molecule has 1 aromatic rings. The van der Waals surface area contributed by atoms with Gasteiger partial charge in [0.15, 0.2) is 0 Å². The number of benzene rings is 1. The van der Waals surface area contributed by atoms with Gasteiger partial charge in [-0.3, -0.25) is 4.79 Å². The summed E-state index contributed by atoms with van der Waals surface area (Å²) < 4.78 is 9.97. The summed E-state index contributed by atoms with van der Waals surface area (Å²) in [6.45, 7) is 2.50.